The highest BCUT2D eigenvalue weighted by atomic mass is 19.1. The van der Waals surface area contributed by atoms with Crippen LogP contribution in [0, 0.1) is 5.92 Å². The SMILES string of the molecule is O=C(NCC1CCN(c2ccccc2)C1)N1CC(F)CC1CO. The second-order valence-electron chi connectivity index (χ2n) is 6.44. The average molecular weight is 321 g/mol. The van der Waals surface area contributed by atoms with Gasteiger partial charge in [-0.3, -0.25) is 0 Å². The van der Waals surface area contributed by atoms with Crippen LogP contribution < -0.4 is 10.2 Å². The van der Waals surface area contributed by atoms with E-state index < -0.39 is 12.2 Å². The Hall–Kier alpha value is -1.82. The number of carbonyl (C=O) groups is 1. The normalized spacial score (nSPS) is 27.5. The number of carbonyl (C=O) groups excluding carboxylic acids is 1. The van der Waals surface area contributed by atoms with E-state index in [1.807, 2.05) is 18.2 Å². The van der Waals surface area contributed by atoms with Crippen molar-refractivity contribution in [3.63, 3.8) is 0 Å². The maximum atomic E-state index is 13.4. The van der Waals surface area contributed by atoms with Crippen LogP contribution in [-0.4, -0.2) is 61.0 Å². The number of hydrogen-bond donors (Lipinski definition) is 2. The van der Waals surface area contributed by atoms with E-state index in [9.17, 15) is 14.3 Å². The molecule has 23 heavy (non-hydrogen) atoms. The Kier molecular flexibility index (Phi) is 5.00. The number of amides is 2. The molecule has 0 radical (unpaired) electrons. The fraction of sp³-hybridized carbons (Fsp3) is 0.588. The molecule has 0 aromatic heterocycles. The summed E-state index contributed by atoms with van der Waals surface area (Å²) >= 11 is 0. The summed E-state index contributed by atoms with van der Waals surface area (Å²) in [5.41, 5.74) is 1.21. The van der Waals surface area contributed by atoms with Gasteiger partial charge in [0.15, 0.2) is 0 Å². The van der Waals surface area contributed by atoms with Crippen LogP contribution in [0.15, 0.2) is 30.3 Å². The van der Waals surface area contributed by atoms with Crippen molar-refractivity contribution in [1.82, 2.24) is 10.2 Å². The predicted molar refractivity (Wildman–Crippen MR) is 87.3 cm³/mol. The number of anilines is 1. The maximum Gasteiger partial charge on any atom is 0.317 e. The Morgan fingerprint density at radius 2 is 2.09 bits per heavy atom. The number of urea groups is 1. The quantitative estimate of drug-likeness (QED) is 0.886. The molecule has 2 aliphatic rings. The summed E-state index contributed by atoms with van der Waals surface area (Å²) in [5.74, 6) is 0.399. The van der Waals surface area contributed by atoms with Crippen molar-refractivity contribution in [2.45, 2.75) is 25.1 Å². The number of likely N-dealkylation sites (tertiary alicyclic amines) is 1. The molecule has 3 unspecified atom stereocenters. The van der Waals surface area contributed by atoms with E-state index >= 15 is 0 Å². The molecular formula is C17H24FN3O2. The van der Waals surface area contributed by atoms with Gasteiger partial charge in [0.2, 0.25) is 0 Å². The Morgan fingerprint density at radius 3 is 2.83 bits per heavy atom. The van der Waals surface area contributed by atoms with Gasteiger partial charge in [-0.25, -0.2) is 9.18 Å². The van der Waals surface area contributed by atoms with Crippen LogP contribution in [0.5, 0.6) is 0 Å². The first kappa shape index (κ1) is 16.1. The van der Waals surface area contributed by atoms with Gasteiger partial charge in [-0.2, -0.15) is 0 Å². The van der Waals surface area contributed by atoms with Gasteiger partial charge in [0, 0.05) is 31.7 Å². The van der Waals surface area contributed by atoms with Crippen LogP contribution in [0.2, 0.25) is 0 Å². The maximum absolute atomic E-state index is 13.4. The van der Waals surface area contributed by atoms with Gasteiger partial charge in [0.1, 0.15) is 6.17 Å². The first-order valence-electron chi connectivity index (χ1n) is 8.26. The molecule has 1 aromatic rings. The molecular weight excluding hydrogens is 297 g/mol. The summed E-state index contributed by atoms with van der Waals surface area (Å²) in [6, 6.07) is 9.59. The van der Waals surface area contributed by atoms with Gasteiger partial charge in [-0.1, -0.05) is 18.2 Å². The van der Waals surface area contributed by atoms with E-state index in [0.29, 0.717) is 12.5 Å². The molecule has 2 saturated heterocycles. The fourth-order valence-electron chi connectivity index (χ4n) is 3.49. The zero-order valence-electron chi connectivity index (χ0n) is 13.2. The van der Waals surface area contributed by atoms with Gasteiger partial charge < -0.3 is 20.2 Å². The first-order valence-corrected chi connectivity index (χ1v) is 8.26. The molecule has 3 rings (SSSR count). The number of benzene rings is 1. The summed E-state index contributed by atoms with van der Waals surface area (Å²) in [6.45, 7) is 2.39. The van der Waals surface area contributed by atoms with Gasteiger partial charge in [-0.05, 0) is 24.5 Å². The lowest BCUT2D eigenvalue weighted by Crippen LogP contribution is -2.45. The average Bonchev–Trinajstić information content (AvgIpc) is 3.20. The van der Waals surface area contributed by atoms with Crippen LogP contribution in [-0.2, 0) is 0 Å². The Labute approximate surface area is 136 Å². The molecule has 2 heterocycles. The highest BCUT2D eigenvalue weighted by Crippen LogP contribution is 2.23. The number of para-hydroxylation sites is 1. The van der Waals surface area contributed by atoms with Crippen molar-refractivity contribution in [3.8, 4) is 0 Å². The minimum absolute atomic E-state index is 0.0812. The molecule has 126 valence electrons. The molecule has 2 amide bonds. The third-order valence-electron chi connectivity index (χ3n) is 4.78. The van der Waals surface area contributed by atoms with Crippen molar-refractivity contribution >= 4 is 11.7 Å². The second kappa shape index (κ2) is 7.17. The Morgan fingerprint density at radius 1 is 1.30 bits per heavy atom. The molecule has 2 aliphatic heterocycles. The Bertz CT molecular complexity index is 528. The van der Waals surface area contributed by atoms with Crippen molar-refractivity contribution < 1.29 is 14.3 Å². The van der Waals surface area contributed by atoms with Gasteiger partial charge in [0.05, 0.1) is 19.2 Å². The second-order valence-corrected chi connectivity index (χ2v) is 6.44. The van der Waals surface area contributed by atoms with Crippen molar-refractivity contribution in [1.29, 1.82) is 0 Å². The number of halogens is 1. The summed E-state index contributed by atoms with van der Waals surface area (Å²) in [5, 5.41) is 12.2. The molecule has 0 aliphatic carbocycles. The molecule has 0 saturated carbocycles. The lowest BCUT2D eigenvalue weighted by molar-refractivity contribution is 0.156. The predicted octanol–water partition coefficient (Wildman–Crippen LogP) is 1.63. The number of nitrogens with zero attached hydrogens (tertiary/aromatic N) is 2. The van der Waals surface area contributed by atoms with Crippen molar-refractivity contribution in [3.05, 3.63) is 30.3 Å². The van der Waals surface area contributed by atoms with Crippen LogP contribution in [0.4, 0.5) is 14.9 Å². The third kappa shape index (κ3) is 3.75. The minimum Gasteiger partial charge on any atom is -0.394 e. The zero-order valence-corrected chi connectivity index (χ0v) is 13.2. The third-order valence-corrected chi connectivity index (χ3v) is 4.78. The smallest absolute Gasteiger partial charge is 0.317 e. The standard InChI is InChI=1S/C17H24FN3O2/c18-14-8-16(12-22)21(11-14)17(23)19-9-13-6-7-20(10-13)15-4-2-1-3-5-15/h1-5,13-14,16,22H,6-12H2,(H,19,23). The minimum atomic E-state index is -1.03. The number of aliphatic hydroxyl groups excluding tert-OH is 1. The molecule has 5 nitrogen and oxygen atoms in total. The van der Waals surface area contributed by atoms with Crippen molar-refractivity contribution in [2.75, 3.05) is 37.7 Å². The first-order chi connectivity index (χ1) is 11.2. The lowest BCUT2D eigenvalue weighted by atomic mass is 10.1. The van der Waals surface area contributed by atoms with E-state index in [2.05, 4.69) is 22.3 Å². The topological polar surface area (TPSA) is 55.8 Å². The van der Waals surface area contributed by atoms with Crippen LogP contribution in [0.1, 0.15) is 12.8 Å². The molecule has 3 atom stereocenters. The lowest BCUT2D eigenvalue weighted by Gasteiger charge is -2.24. The monoisotopic (exact) mass is 321 g/mol. The highest BCUT2D eigenvalue weighted by molar-refractivity contribution is 5.75. The highest BCUT2D eigenvalue weighted by Gasteiger charge is 2.35. The van der Waals surface area contributed by atoms with E-state index in [4.69, 9.17) is 0 Å². The molecule has 0 bridgehead atoms. The van der Waals surface area contributed by atoms with Gasteiger partial charge in [0.25, 0.3) is 0 Å². The number of alkyl halides is 1. The van der Waals surface area contributed by atoms with Crippen LogP contribution in [0.25, 0.3) is 0 Å². The molecule has 1 aromatic carbocycles. The van der Waals surface area contributed by atoms with E-state index in [-0.39, 0.29) is 25.6 Å². The van der Waals surface area contributed by atoms with Crippen LogP contribution in [0.3, 0.4) is 0 Å². The van der Waals surface area contributed by atoms with Crippen molar-refractivity contribution in [2.24, 2.45) is 5.92 Å². The molecule has 6 heteroatoms. The zero-order chi connectivity index (χ0) is 16.2. The van der Waals surface area contributed by atoms with Gasteiger partial charge >= 0.3 is 6.03 Å². The summed E-state index contributed by atoms with van der Waals surface area (Å²) in [7, 11) is 0. The molecule has 0 spiro atoms. The summed E-state index contributed by atoms with van der Waals surface area (Å²) in [6.07, 6.45) is 0.234. The van der Waals surface area contributed by atoms with E-state index in [1.54, 1.807) is 0 Å². The largest absolute Gasteiger partial charge is 0.394 e. The number of rotatable bonds is 4. The fourth-order valence-corrected chi connectivity index (χ4v) is 3.49. The summed E-state index contributed by atoms with van der Waals surface area (Å²) in [4.78, 5) is 15.9. The van der Waals surface area contributed by atoms with Crippen LogP contribution >= 0.6 is 0 Å². The molecule has 2 fully saturated rings. The number of hydrogen-bond acceptors (Lipinski definition) is 3. The molecule has 2 N–H and O–H groups in total. The van der Waals surface area contributed by atoms with Gasteiger partial charge in [-0.15, -0.1) is 0 Å². The van der Waals surface area contributed by atoms with E-state index in [0.717, 1.165) is 19.5 Å². The number of aliphatic hydroxyl groups is 1. The Balaban J connectivity index is 1.47. The number of nitrogens with one attached hydrogen (secondary N) is 1. The summed E-state index contributed by atoms with van der Waals surface area (Å²) < 4.78 is 13.4. The van der Waals surface area contributed by atoms with E-state index in [1.165, 1.54) is 10.6 Å².